The van der Waals surface area contributed by atoms with Gasteiger partial charge in [0.05, 0.1) is 0 Å². The third-order valence-electron chi connectivity index (χ3n) is 0. The summed E-state index contributed by atoms with van der Waals surface area (Å²) in [5.41, 5.74) is 0. The average Bonchev–Trinajstić information content (AvgIpc) is 0.811. The van der Waals surface area contributed by atoms with Crippen molar-refractivity contribution in [3.63, 3.8) is 0 Å². The Morgan fingerprint density at radius 1 is 1.57 bits per heavy atom. The summed E-state index contributed by atoms with van der Waals surface area (Å²) in [5.74, 6) is -1.08. The Morgan fingerprint density at radius 2 is 1.57 bits per heavy atom. The zero-order chi connectivity index (χ0) is 3.58. The van der Waals surface area contributed by atoms with Crippen molar-refractivity contribution in [2.45, 2.75) is 6.92 Å². The van der Waals surface area contributed by atoms with Gasteiger partial charge in [-0.2, -0.15) is 0 Å². The van der Waals surface area contributed by atoms with E-state index < -0.39 is 5.97 Å². The number of carbonyl (C=O) groups excluding carboxylic acids is 1. The van der Waals surface area contributed by atoms with Crippen LogP contribution in [0.5, 0.6) is 0 Å². The maximum Gasteiger partial charge on any atom is 1.00 e. The van der Waals surface area contributed by atoms with Gasteiger partial charge in [0.25, 0.3) is 0 Å². The van der Waals surface area contributed by atoms with Gasteiger partial charge in [-0.3, -0.25) is 0 Å². The van der Waals surface area contributed by atoms with Gasteiger partial charge in [-0.1, -0.05) is 0 Å². The molecule has 0 aliphatic carbocycles. The minimum absolute atomic E-state index is 0. The minimum Gasteiger partial charge on any atom is -0.870 e. The Bertz CT molecular complexity index is 35.9. The van der Waals surface area contributed by atoms with Crippen LogP contribution >= 0.6 is 0 Å². The second-order valence-corrected chi connectivity index (χ2v) is 0.492. The third kappa shape index (κ3) is 69.5. The number of hydrogen-bond donors (Lipinski definition) is 0. The monoisotopic (exact) mass is 138 g/mol. The van der Waals surface area contributed by atoms with Gasteiger partial charge >= 0.3 is 80.9 Å². The second-order valence-electron chi connectivity index (χ2n) is 0.492. The van der Waals surface area contributed by atoms with Crippen molar-refractivity contribution in [2.24, 2.45) is 0 Å². The van der Waals surface area contributed by atoms with Crippen LogP contribution in [0, 0.1) is 0 Å². The van der Waals surface area contributed by atoms with Crippen molar-refractivity contribution >= 4 is 5.97 Å². The van der Waals surface area contributed by atoms with Crippen molar-refractivity contribution in [2.75, 3.05) is 0 Å². The predicted molar refractivity (Wildman–Crippen MR) is 12.6 cm³/mol. The molecule has 0 rings (SSSR count). The van der Waals surface area contributed by atoms with E-state index in [1.165, 1.54) is 0 Å². The first-order chi connectivity index (χ1) is 1.73. The van der Waals surface area contributed by atoms with E-state index in [9.17, 15) is 0 Å². The topological polar surface area (TPSA) is 70.1 Å². The Morgan fingerprint density at radius 3 is 1.57 bits per heavy atom. The van der Waals surface area contributed by atoms with Gasteiger partial charge in [-0.15, -0.1) is 0 Å². The summed E-state index contributed by atoms with van der Waals surface area (Å²) in [5, 5.41) is 8.89. The Hall–Kier alpha value is 2.07. The number of aliphatic carboxylic acids is 1. The van der Waals surface area contributed by atoms with E-state index in [0.717, 1.165) is 6.92 Å². The van der Waals surface area contributed by atoms with E-state index in [1.54, 1.807) is 0 Å². The van der Waals surface area contributed by atoms with Gasteiger partial charge in [-0.25, -0.2) is 0 Å². The SMILES string of the molecule is CC(=O)[O-].[K+].[Na+].[OH-]. The maximum atomic E-state index is 8.89. The summed E-state index contributed by atoms with van der Waals surface area (Å²) in [4.78, 5) is 8.89. The number of carboxylic acids is 1. The van der Waals surface area contributed by atoms with E-state index in [-0.39, 0.29) is 86.4 Å². The first kappa shape index (κ1) is 23.0. The quantitative estimate of drug-likeness (QED) is 0.312. The largest absolute Gasteiger partial charge is 1.00 e. The van der Waals surface area contributed by atoms with Crippen LogP contribution in [-0.2, 0) is 4.79 Å². The summed E-state index contributed by atoms with van der Waals surface area (Å²) in [6.45, 7) is 0.972. The molecule has 0 aliphatic rings. The summed E-state index contributed by atoms with van der Waals surface area (Å²) in [6.07, 6.45) is 0. The molecule has 0 bridgehead atoms. The number of hydrogen-bond acceptors (Lipinski definition) is 3. The summed E-state index contributed by atoms with van der Waals surface area (Å²) in [7, 11) is 0. The van der Waals surface area contributed by atoms with Crippen LogP contribution in [0.2, 0.25) is 0 Å². The Balaban J connectivity index is -0.0000000150. The smallest absolute Gasteiger partial charge is 0.870 e. The van der Waals surface area contributed by atoms with E-state index in [2.05, 4.69) is 0 Å². The average molecular weight is 138 g/mol. The van der Waals surface area contributed by atoms with Gasteiger partial charge in [0.1, 0.15) is 0 Å². The summed E-state index contributed by atoms with van der Waals surface area (Å²) >= 11 is 0. The van der Waals surface area contributed by atoms with Crippen molar-refractivity contribution < 1.29 is 96.3 Å². The van der Waals surface area contributed by atoms with Crippen LogP contribution in [0.3, 0.4) is 0 Å². The molecule has 0 fully saturated rings. The maximum absolute atomic E-state index is 8.89. The van der Waals surface area contributed by atoms with Crippen LogP contribution in [0.25, 0.3) is 0 Å². The standard InChI is InChI=1S/C2H4O2.K.Na.H2O/c1-2(3)4;;;/h1H3,(H,3,4);;;1H2/q;2*+1;/p-2. The molecule has 0 heterocycles. The molecule has 0 unspecified atom stereocenters. The summed E-state index contributed by atoms with van der Waals surface area (Å²) < 4.78 is 0. The molecule has 0 aromatic carbocycles. The molecule has 0 amide bonds. The van der Waals surface area contributed by atoms with Gasteiger partial charge in [0.15, 0.2) is 0 Å². The second kappa shape index (κ2) is 15.7. The summed E-state index contributed by atoms with van der Waals surface area (Å²) in [6, 6.07) is 0. The van der Waals surface area contributed by atoms with Crippen LogP contribution in [0.4, 0.5) is 0 Å². The Labute approximate surface area is 107 Å². The molecule has 0 aromatic rings. The molecule has 3 nitrogen and oxygen atoms in total. The van der Waals surface area contributed by atoms with E-state index in [4.69, 9.17) is 9.90 Å². The molecule has 0 saturated carbocycles. The van der Waals surface area contributed by atoms with Crippen molar-refractivity contribution in [1.29, 1.82) is 0 Å². The molecule has 32 valence electrons. The van der Waals surface area contributed by atoms with Crippen LogP contribution in [0.15, 0.2) is 0 Å². The number of carbonyl (C=O) groups is 1. The molecule has 5 heteroatoms. The van der Waals surface area contributed by atoms with Crippen LogP contribution < -0.4 is 86.0 Å². The zero-order valence-corrected chi connectivity index (χ0v) is 9.89. The van der Waals surface area contributed by atoms with Gasteiger partial charge in [0, 0.05) is 5.97 Å². The number of carboxylic acid groups (broad SMARTS) is 1. The first-order valence-corrected chi connectivity index (χ1v) is 0.908. The van der Waals surface area contributed by atoms with E-state index >= 15 is 0 Å². The fourth-order valence-electron chi connectivity index (χ4n) is 0. The van der Waals surface area contributed by atoms with Gasteiger partial charge in [-0.05, 0) is 6.92 Å². The Kier molecular flexibility index (Phi) is 51.5. The van der Waals surface area contributed by atoms with Crippen molar-refractivity contribution in [3.8, 4) is 0 Å². The molecular formula is C2H4KNaO3. The molecular weight excluding hydrogens is 134 g/mol. The van der Waals surface area contributed by atoms with E-state index in [0.29, 0.717) is 0 Å². The molecule has 1 N–H and O–H groups in total. The predicted octanol–water partition coefficient (Wildman–Crippen LogP) is -7.41. The molecule has 0 spiro atoms. The van der Waals surface area contributed by atoms with Crippen LogP contribution in [0.1, 0.15) is 6.92 Å². The first-order valence-electron chi connectivity index (χ1n) is 0.908. The van der Waals surface area contributed by atoms with Gasteiger partial charge < -0.3 is 15.4 Å². The number of rotatable bonds is 0. The molecule has 0 aromatic heterocycles. The van der Waals surface area contributed by atoms with Crippen LogP contribution in [-0.4, -0.2) is 11.4 Å². The molecule has 0 saturated heterocycles. The molecule has 0 radical (unpaired) electrons. The zero-order valence-electron chi connectivity index (χ0n) is 4.76. The fraction of sp³-hybridized carbons (Fsp3) is 0.500. The molecule has 7 heavy (non-hydrogen) atoms. The van der Waals surface area contributed by atoms with E-state index in [1.807, 2.05) is 0 Å². The minimum atomic E-state index is -1.08. The third-order valence-corrected chi connectivity index (χ3v) is 0. The molecule has 0 aliphatic heterocycles. The molecule has 0 atom stereocenters. The fourth-order valence-corrected chi connectivity index (χ4v) is 0. The normalized spacial score (nSPS) is 3.57. The van der Waals surface area contributed by atoms with Crippen molar-refractivity contribution in [3.05, 3.63) is 0 Å². The van der Waals surface area contributed by atoms with Gasteiger partial charge in [0.2, 0.25) is 0 Å². The van der Waals surface area contributed by atoms with Crippen molar-refractivity contribution in [1.82, 2.24) is 0 Å².